The van der Waals surface area contributed by atoms with Crippen molar-refractivity contribution >= 4 is 45.5 Å². The van der Waals surface area contributed by atoms with Crippen molar-refractivity contribution in [3.05, 3.63) is 59.7 Å². The van der Waals surface area contributed by atoms with Crippen LogP contribution in [0.3, 0.4) is 0 Å². The molecule has 0 bridgehead atoms. The van der Waals surface area contributed by atoms with Crippen LogP contribution in [-0.4, -0.2) is 22.6 Å². The summed E-state index contributed by atoms with van der Waals surface area (Å²) in [6.45, 7) is 4.67. The molecule has 0 aliphatic heterocycles. The van der Waals surface area contributed by atoms with Crippen molar-refractivity contribution in [2.24, 2.45) is 0 Å². The third-order valence-electron chi connectivity index (χ3n) is 10.6. The van der Waals surface area contributed by atoms with E-state index in [9.17, 15) is 0 Å². The fourth-order valence-corrected chi connectivity index (χ4v) is 17.8. The zero-order valence-corrected chi connectivity index (χ0v) is 30.8. The fourth-order valence-electron chi connectivity index (χ4n) is 8.71. The average Bonchev–Trinajstić information content (AvgIpc) is 3.84. The first-order valence-electron chi connectivity index (χ1n) is 16.9. The second-order valence-electron chi connectivity index (χ2n) is 12.9. The Bertz CT molecular complexity index is 881. The van der Waals surface area contributed by atoms with Crippen molar-refractivity contribution in [1.82, 2.24) is 0 Å². The molecule has 41 heavy (non-hydrogen) atoms. The van der Waals surface area contributed by atoms with Gasteiger partial charge in [0.05, 0.1) is 33.2 Å². The van der Waals surface area contributed by atoms with E-state index in [0.717, 1.165) is 22.6 Å². The summed E-state index contributed by atoms with van der Waals surface area (Å²) in [6, 6.07) is 18.8. The Morgan fingerprint density at radius 2 is 0.756 bits per heavy atom. The van der Waals surface area contributed by atoms with E-state index < -0.39 is 0 Å². The van der Waals surface area contributed by atoms with Gasteiger partial charge in [0.2, 0.25) is 0 Å². The summed E-state index contributed by atoms with van der Waals surface area (Å²) in [7, 11) is 8.99. The molecule has 0 spiro atoms. The van der Waals surface area contributed by atoms with Gasteiger partial charge in [-0.25, -0.2) is 0 Å². The molecule has 0 unspecified atom stereocenters. The molecular formula is C36H56Cl2P2Pd+2. The minimum absolute atomic E-state index is 0.106. The molecule has 2 aromatic carbocycles. The Morgan fingerprint density at radius 3 is 1.00 bits per heavy atom. The van der Waals surface area contributed by atoms with Crippen LogP contribution in [0.15, 0.2) is 48.5 Å². The SMILES string of the molecule is CCc1ccccc1[PH+](C1CCCC1)C1CCCC1.CCc1ccccc1[PH+](C1CCCC1)C1CCCC1.[Cl][Pd][Cl]. The van der Waals surface area contributed by atoms with Crippen molar-refractivity contribution in [3.8, 4) is 0 Å². The normalized spacial score (nSPS) is 20.5. The third-order valence-corrected chi connectivity index (χ3v) is 18.6. The van der Waals surface area contributed by atoms with Crippen molar-refractivity contribution in [2.75, 3.05) is 0 Å². The van der Waals surface area contributed by atoms with Gasteiger partial charge in [-0.1, -0.05) is 50.2 Å². The van der Waals surface area contributed by atoms with E-state index in [-0.39, 0.29) is 31.8 Å². The van der Waals surface area contributed by atoms with E-state index >= 15 is 0 Å². The predicted molar refractivity (Wildman–Crippen MR) is 188 cm³/mol. The maximum atomic E-state index is 4.81. The van der Waals surface area contributed by atoms with E-state index in [1.54, 1.807) is 11.1 Å². The Balaban J connectivity index is 0.000000173. The van der Waals surface area contributed by atoms with E-state index in [4.69, 9.17) is 19.1 Å². The van der Waals surface area contributed by atoms with Crippen LogP contribution < -0.4 is 10.6 Å². The van der Waals surface area contributed by atoms with Gasteiger partial charge in [0.1, 0.15) is 0 Å². The Hall–Kier alpha value is 0.542. The van der Waals surface area contributed by atoms with E-state index in [2.05, 4.69) is 62.4 Å². The van der Waals surface area contributed by atoms with Gasteiger partial charge in [-0.05, 0) is 139 Å². The predicted octanol–water partition coefficient (Wildman–Crippen LogP) is 11.3. The van der Waals surface area contributed by atoms with Crippen LogP contribution in [0.2, 0.25) is 0 Å². The van der Waals surface area contributed by atoms with Crippen LogP contribution in [0.1, 0.15) is 128 Å². The van der Waals surface area contributed by atoms with Crippen LogP contribution in [-0.2, 0) is 28.8 Å². The first-order chi connectivity index (χ1) is 20.2. The van der Waals surface area contributed by atoms with Gasteiger partial charge in [-0.2, -0.15) is 0 Å². The molecule has 0 nitrogen and oxygen atoms in total. The summed E-state index contributed by atoms with van der Waals surface area (Å²) in [4.78, 5) is 0. The molecule has 0 heterocycles. The van der Waals surface area contributed by atoms with Gasteiger partial charge in [0.25, 0.3) is 0 Å². The van der Waals surface area contributed by atoms with Crippen molar-refractivity contribution in [1.29, 1.82) is 0 Å². The van der Waals surface area contributed by atoms with Gasteiger partial charge in [-0.3, -0.25) is 0 Å². The van der Waals surface area contributed by atoms with Crippen LogP contribution in [0.25, 0.3) is 0 Å². The summed E-state index contributed by atoms with van der Waals surface area (Å²) in [5, 5.41) is 3.63. The molecule has 4 aliphatic rings. The monoisotopic (exact) mass is 726 g/mol. The zero-order chi connectivity index (χ0) is 28.9. The number of rotatable bonds is 8. The summed E-state index contributed by atoms with van der Waals surface area (Å²) >= 11 is -0.106. The summed E-state index contributed by atoms with van der Waals surface area (Å²) in [6.07, 6.45) is 26.7. The van der Waals surface area contributed by atoms with Crippen LogP contribution in [0.5, 0.6) is 0 Å². The molecule has 6 rings (SSSR count). The van der Waals surface area contributed by atoms with Gasteiger partial charge in [0.15, 0.2) is 0 Å². The Labute approximate surface area is 271 Å². The van der Waals surface area contributed by atoms with Gasteiger partial charge >= 0.3 is 35.0 Å². The molecule has 0 radical (unpaired) electrons. The maximum absolute atomic E-state index is 4.81. The van der Waals surface area contributed by atoms with E-state index in [0.29, 0.717) is 0 Å². The number of hydrogen-bond acceptors (Lipinski definition) is 0. The average molecular weight is 728 g/mol. The summed E-state index contributed by atoms with van der Waals surface area (Å²) in [5.41, 5.74) is 7.66. The van der Waals surface area contributed by atoms with E-state index in [1.807, 2.05) is 10.6 Å². The molecule has 0 atom stereocenters. The number of hydrogen-bond donors (Lipinski definition) is 0. The van der Waals surface area contributed by atoms with Crippen molar-refractivity contribution in [2.45, 2.75) is 152 Å². The first-order valence-corrected chi connectivity index (χ1v) is 24.2. The second kappa shape index (κ2) is 19.1. The van der Waals surface area contributed by atoms with Crippen LogP contribution in [0.4, 0.5) is 0 Å². The summed E-state index contributed by atoms with van der Waals surface area (Å²) < 4.78 is 0. The topological polar surface area (TPSA) is 0 Å². The van der Waals surface area contributed by atoms with Crippen molar-refractivity contribution in [3.63, 3.8) is 0 Å². The molecule has 2 aromatic rings. The minimum atomic E-state index is -0.319. The number of aryl methyl sites for hydroxylation is 2. The van der Waals surface area contributed by atoms with Crippen LogP contribution in [0, 0.1) is 0 Å². The van der Waals surface area contributed by atoms with Gasteiger partial charge < -0.3 is 0 Å². The third kappa shape index (κ3) is 9.76. The molecule has 0 aromatic heterocycles. The number of benzene rings is 2. The molecule has 0 amide bonds. The zero-order valence-electron chi connectivity index (χ0n) is 25.7. The van der Waals surface area contributed by atoms with Crippen molar-refractivity contribution < 1.29 is 15.9 Å². The Kier molecular flexibility index (Phi) is 16.1. The van der Waals surface area contributed by atoms with Crippen LogP contribution >= 0.6 is 34.9 Å². The molecule has 4 aliphatic carbocycles. The second-order valence-corrected chi connectivity index (χ2v) is 21.4. The quantitative estimate of drug-likeness (QED) is 0.188. The molecule has 232 valence electrons. The molecule has 4 fully saturated rings. The molecule has 0 N–H and O–H groups in total. The van der Waals surface area contributed by atoms with Gasteiger partial charge in [0, 0.05) is 15.8 Å². The fraction of sp³-hybridized carbons (Fsp3) is 0.667. The molecule has 0 saturated heterocycles. The Morgan fingerprint density at radius 1 is 0.512 bits per heavy atom. The number of halogens is 2. The molecular weight excluding hydrogens is 672 g/mol. The molecule has 5 heteroatoms. The summed E-state index contributed by atoms with van der Waals surface area (Å²) in [5.74, 6) is 0. The molecule has 4 saturated carbocycles. The van der Waals surface area contributed by atoms with E-state index in [1.165, 1.54) is 116 Å². The van der Waals surface area contributed by atoms with Gasteiger partial charge in [-0.15, -0.1) is 0 Å². The standard InChI is InChI=1S/2C18H27P.2ClH.Pd/c2*1-2-15-9-3-8-14-18(15)19(16-10-4-5-11-16)17-12-6-7-13-17;;;/h2*3,8-9,14,16-17H,2,4-7,10-13H2,1H3;2*1H;/q;;;;+2. The first kappa shape index (κ1) is 34.4.